The summed E-state index contributed by atoms with van der Waals surface area (Å²) in [6.07, 6.45) is 0.661. The molecular formula is C17H15F2N5. The van der Waals surface area contributed by atoms with Crippen LogP contribution in [0.3, 0.4) is 0 Å². The number of nitrogens with one attached hydrogen (secondary N) is 1. The average molecular weight is 327 g/mol. The summed E-state index contributed by atoms with van der Waals surface area (Å²) in [5.74, 6) is 0.672. The molecule has 0 amide bonds. The summed E-state index contributed by atoms with van der Waals surface area (Å²) in [5.41, 5.74) is 1.62. The highest BCUT2D eigenvalue weighted by Crippen LogP contribution is 2.29. The van der Waals surface area contributed by atoms with Crippen molar-refractivity contribution < 1.29 is 8.78 Å². The Labute approximate surface area is 137 Å². The standard InChI is InChI=1S/C17H15F2N5/c18-12-9-24(10-12)16-13-3-1-2-4-14(13)22-17(23-16)21-8-11-5-6-15(19)20-7-11/h1-7,12H,8-10H2,(H,21,22,23). The normalized spacial score (nSPS) is 14.7. The molecule has 2 aromatic heterocycles. The number of para-hydroxylation sites is 1. The topological polar surface area (TPSA) is 53.9 Å². The number of fused-ring (bicyclic) bond motifs is 1. The Kier molecular flexibility index (Phi) is 3.68. The van der Waals surface area contributed by atoms with Gasteiger partial charge < -0.3 is 10.2 Å². The van der Waals surface area contributed by atoms with Crippen molar-refractivity contribution in [3.8, 4) is 0 Å². The maximum absolute atomic E-state index is 13.2. The molecule has 1 fully saturated rings. The van der Waals surface area contributed by atoms with Gasteiger partial charge in [0, 0.05) is 18.1 Å². The van der Waals surface area contributed by atoms with Gasteiger partial charge in [0.2, 0.25) is 11.9 Å². The van der Waals surface area contributed by atoms with Crippen molar-refractivity contribution in [2.75, 3.05) is 23.3 Å². The van der Waals surface area contributed by atoms with Crippen molar-refractivity contribution in [1.82, 2.24) is 15.0 Å². The van der Waals surface area contributed by atoms with Crippen LogP contribution in [0.5, 0.6) is 0 Å². The summed E-state index contributed by atoms with van der Waals surface area (Å²) in [5, 5.41) is 4.02. The SMILES string of the molecule is Fc1ccc(CNc2nc(N3CC(F)C3)c3ccccc3n2)cn1. The third-order valence-corrected chi connectivity index (χ3v) is 3.96. The van der Waals surface area contributed by atoms with Crippen LogP contribution in [-0.4, -0.2) is 34.2 Å². The highest BCUT2D eigenvalue weighted by molar-refractivity contribution is 5.90. The molecule has 4 rings (SSSR count). The summed E-state index contributed by atoms with van der Waals surface area (Å²) in [6, 6.07) is 10.6. The Hall–Kier alpha value is -2.83. The molecule has 0 saturated carbocycles. The Bertz CT molecular complexity index is 862. The molecule has 0 atom stereocenters. The van der Waals surface area contributed by atoms with Crippen LogP contribution in [0.1, 0.15) is 5.56 Å². The van der Waals surface area contributed by atoms with Crippen molar-refractivity contribution >= 4 is 22.7 Å². The molecule has 0 spiro atoms. The van der Waals surface area contributed by atoms with E-state index in [1.165, 1.54) is 12.3 Å². The lowest BCUT2D eigenvalue weighted by Gasteiger charge is -2.36. The third-order valence-electron chi connectivity index (χ3n) is 3.96. The molecule has 1 aliphatic heterocycles. The number of benzene rings is 1. The van der Waals surface area contributed by atoms with Gasteiger partial charge in [-0.2, -0.15) is 9.37 Å². The predicted molar refractivity (Wildman–Crippen MR) is 88.2 cm³/mol. The first-order valence-corrected chi connectivity index (χ1v) is 7.69. The Morgan fingerprint density at radius 3 is 2.71 bits per heavy atom. The van der Waals surface area contributed by atoms with E-state index in [1.54, 1.807) is 6.07 Å². The van der Waals surface area contributed by atoms with E-state index in [0.717, 1.165) is 22.3 Å². The zero-order valence-electron chi connectivity index (χ0n) is 12.8. The summed E-state index contributed by atoms with van der Waals surface area (Å²) in [6.45, 7) is 1.13. The van der Waals surface area contributed by atoms with Crippen LogP contribution < -0.4 is 10.2 Å². The molecule has 7 heteroatoms. The van der Waals surface area contributed by atoms with Crippen LogP contribution in [0.4, 0.5) is 20.5 Å². The van der Waals surface area contributed by atoms with Crippen LogP contribution >= 0.6 is 0 Å². The van der Waals surface area contributed by atoms with Gasteiger partial charge in [-0.25, -0.2) is 14.4 Å². The zero-order chi connectivity index (χ0) is 16.5. The van der Waals surface area contributed by atoms with Gasteiger partial charge in [-0.3, -0.25) is 0 Å². The van der Waals surface area contributed by atoms with Gasteiger partial charge in [-0.05, 0) is 23.8 Å². The minimum atomic E-state index is -0.805. The predicted octanol–water partition coefficient (Wildman–Crippen LogP) is 2.93. The molecular weight excluding hydrogens is 312 g/mol. The second kappa shape index (κ2) is 5.99. The first kappa shape index (κ1) is 14.7. The monoisotopic (exact) mass is 327 g/mol. The summed E-state index contributed by atoms with van der Waals surface area (Å²) in [7, 11) is 0. The molecule has 1 saturated heterocycles. The van der Waals surface area contributed by atoms with Gasteiger partial charge in [-0.15, -0.1) is 0 Å². The van der Waals surface area contributed by atoms with E-state index in [0.29, 0.717) is 25.6 Å². The molecule has 0 bridgehead atoms. The number of anilines is 2. The fourth-order valence-electron chi connectivity index (χ4n) is 2.67. The number of nitrogens with zero attached hydrogens (tertiary/aromatic N) is 4. The summed E-state index contributed by atoms with van der Waals surface area (Å²) in [4.78, 5) is 14.5. The van der Waals surface area contributed by atoms with Crippen molar-refractivity contribution in [2.24, 2.45) is 0 Å². The second-order valence-electron chi connectivity index (χ2n) is 5.73. The number of halogens is 2. The quantitative estimate of drug-likeness (QED) is 0.747. The summed E-state index contributed by atoms with van der Waals surface area (Å²) >= 11 is 0. The van der Waals surface area contributed by atoms with E-state index in [4.69, 9.17) is 0 Å². The molecule has 1 N–H and O–H groups in total. The van der Waals surface area contributed by atoms with E-state index in [9.17, 15) is 8.78 Å². The fourth-order valence-corrected chi connectivity index (χ4v) is 2.67. The number of hydrogen-bond donors (Lipinski definition) is 1. The van der Waals surface area contributed by atoms with Crippen LogP contribution in [-0.2, 0) is 6.54 Å². The van der Waals surface area contributed by atoms with Crippen molar-refractivity contribution in [2.45, 2.75) is 12.7 Å². The molecule has 122 valence electrons. The lowest BCUT2D eigenvalue weighted by atomic mass is 10.1. The van der Waals surface area contributed by atoms with Crippen LogP contribution in [0, 0.1) is 5.95 Å². The maximum atomic E-state index is 13.2. The smallest absolute Gasteiger partial charge is 0.225 e. The van der Waals surface area contributed by atoms with Crippen molar-refractivity contribution in [1.29, 1.82) is 0 Å². The Morgan fingerprint density at radius 1 is 1.12 bits per heavy atom. The largest absolute Gasteiger partial charge is 0.350 e. The third kappa shape index (κ3) is 2.84. The van der Waals surface area contributed by atoms with Gasteiger partial charge in [-0.1, -0.05) is 18.2 Å². The van der Waals surface area contributed by atoms with E-state index in [-0.39, 0.29) is 0 Å². The highest BCUT2D eigenvalue weighted by Gasteiger charge is 2.29. The Morgan fingerprint density at radius 2 is 1.96 bits per heavy atom. The Balaban J connectivity index is 1.62. The van der Waals surface area contributed by atoms with Gasteiger partial charge in [0.05, 0.1) is 18.6 Å². The molecule has 0 unspecified atom stereocenters. The van der Waals surface area contributed by atoms with Crippen molar-refractivity contribution in [3.05, 3.63) is 54.1 Å². The first-order valence-electron chi connectivity index (χ1n) is 7.69. The van der Waals surface area contributed by atoms with Crippen molar-refractivity contribution in [3.63, 3.8) is 0 Å². The van der Waals surface area contributed by atoms with Crippen LogP contribution in [0.2, 0.25) is 0 Å². The van der Waals surface area contributed by atoms with E-state index in [1.807, 2.05) is 29.2 Å². The highest BCUT2D eigenvalue weighted by atomic mass is 19.1. The molecule has 24 heavy (non-hydrogen) atoms. The van der Waals surface area contributed by atoms with Gasteiger partial charge in [0.15, 0.2) is 0 Å². The van der Waals surface area contributed by atoms with Gasteiger partial charge in [0.25, 0.3) is 0 Å². The molecule has 1 aromatic carbocycles. The minimum absolute atomic E-state index is 0.350. The maximum Gasteiger partial charge on any atom is 0.225 e. The lowest BCUT2D eigenvalue weighted by molar-refractivity contribution is 0.274. The number of pyridine rings is 1. The lowest BCUT2D eigenvalue weighted by Crippen LogP contribution is -2.49. The number of alkyl halides is 1. The van der Waals surface area contributed by atoms with Crippen LogP contribution in [0.15, 0.2) is 42.6 Å². The van der Waals surface area contributed by atoms with E-state index < -0.39 is 12.1 Å². The van der Waals surface area contributed by atoms with Gasteiger partial charge >= 0.3 is 0 Å². The van der Waals surface area contributed by atoms with Crippen LogP contribution in [0.25, 0.3) is 10.9 Å². The molecule has 3 aromatic rings. The average Bonchev–Trinajstić information content (AvgIpc) is 2.58. The molecule has 0 aliphatic carbocycles. The zero-order valence-corrected chi connectivity index (χ0v) is 12.8. The number of hydrogen-bond acceptors (Lipinski definition) is 5. The number of aromatic nitrogens is 3. The molecule has 0 radical (unpaired) electrons. The van der Waals surface area contributed by atoms with Gasteiger partial charge in [0.1, 0.15) is 12.0 Å². The summed E-state index contributed by atoms with van der Waals surface area (Å²) < 4.78 is 26.1. The molecule has 3 heterocycles. The number of rotatable bonds is 4. The van der Waals surface area contributed by atoms with E-state index in [2.05, 4.69) is 20.3 Å². The molecule has 5 nitrogen and oxygen atoms in total. The molecule has 1 aliphatic rings. The second-order valence-corrected chi connectivity index (χ2v) is 5.73. The van der Waals surface area contributed by atoms with E-state index >= 15 is 0 Å². The minimum Gasteiger partial charge on any atom is -0.350 e. The first-order chi connectivity index (χ1) is 11.7. The fraction of sp³-hybridized carbons (Fsp3) is 0.235.